The second-order valence-electron chi connectivity index (χ2n) is 5.65. The van der Waals surface area contributed by atoms with E-state index in [4.69, 9.17) is 13.7 Å². The fourth-order valence-corrected chi connectivity index (χ4v) is 1.95. The number of furan rings is 1. The van der Waals surface area contributed by atoms with Crippen LogP contribution in [-0.4, -0.2) is 35.6 Å². The quantitative estimate of drug-likeness (QED) is 0.726. The molecular weight excluding hydrogens is 330 g/mol. The molecule has 1 atom stereocenters. The smallest absolute Gasteiger partial charge is 0.329 e. The Hall–Kier alpha value is -3.10. The number of hydrogen-bond acceptors (Lipinski definition) is 7. The first-order chi connectivity index (χ1) is 11.9. The molecule has 0 spiro atoms. The molecule has 0 radical (unpaired) electrons. The average Bonchev–Trinajstić information content (AvgIpc) is 3.21. The van der Waals surface area contributed by atoms with Crippen molar-refractivity contribution in [3.8, 4) is 0 Å². The van der Waals surface area contributed by atoms with Crippen LogP contribution in [-0.2, 0) is 14.3 Å². The van der Waals surface area contributed by atoms with E-state index >= 15 is 0 Å². The number of carbonyl (C=O) groups excluding carboxylic acids is 3. The zero-order valence-electron chi connectivity index (χ0n) is 14.1. The number of anilines is 1. The normalized spacial score (nSPS) is 11.8. The maximum atomic E-state index is 12.2. The third-order valence-corrected chi connectivity index (χ3v) is 3.19. The lowest BCUT2D eigenvalue weighted by atomic mass is 10.0. The van der Waals surface area contributed by atoms with Crippen LogP contribution >= 0.6 is 0 Å². The Bertz CT molecular complexity index is 735. The molecule has 0 bridgehead atoms. The number of aromatic nitrogens is 1. The van der Waals surface area contributed by atoms with Gasteiger partial charge in [0.1, 0.15) is 11.8 Å². The van der Waals surface area contributed by atoms with Crippen LogP contribution in [0, 0.1) is 12.8 Å². The second-order valence-corrected chi connectivity index (χ2v) is 5.65. The summed E-state index contributed by atoms with van der Waals surface area (Å²) in [5.41, 5.74) is 0. The number of esters is 1. The monoisotopic (exact) mass is 349 g/mol. The molecule has 0 aliphatic carbocycles. The summed E-state index contributed by atoms with van der Waals surface area (Å²) in [4.78, 5) is 35.9. The van der Waals surface area contributed by atoms with Gasteiger partial charge in [-0.25, -0.2) is 4.79 Å². The first-order valence-corrected chi connectivity index (χ1v) is 7.61. The maximum Gasteiger partial charge on any atom is 0.329 e. The Balaban J connectivity index is 1.87. The summed E-state index contributed by atoms with van der Waals surface area (Å²) < 4.78 is 14.8. The molecule has 2 N–H and O–H groups in total. The highest BCUT2D eigenvalue weighted by Gasteiger charge is 2.27. The lowest BCUT2D eigenvalue weighted by Crippen LogP contribution is -2.45. The molecule has 2 amide bonds. The number of carbonyl (C=O) groups is 3. The SMILES string of the molecule is Cc1cc(NC(=O)COC(=O)[C@H](NC(=O)c2ccco2)C(C)C)no1. The third-order valence-electron chi connectivity index (χ3n) is 3.19. The van der Waals surface area contributed by atoms with E-state index in [-0.39, 0.29) is 17.5 Å². The molecule has 9 nitrogen and oxygen atoms in total. The number of nitrogens with one attached hydrogen (secondary N) is 2. The minimum atomic E-state index is -0.917. The summed E-state index contributed by atoms with van der Waals surface area (Å²) >= 11 is 0. The molecule has 25 heavy (non-hydrogen) atoms. The Morgan fingerprint density at radius 3 is 2.64 bits per heavy atom. The van der Waals surface area contributed by atoms with E-state index in [1.165, 1.54) is 18.4 Å². The van der Waals surface area contributed by atoms with Crippen molar-refractivity contribution in [1.82, 2.24) is 10.5 Å². The van der Waals surface area contributed by atoms with Gasteiger partial charge < -0.3 is 24.3 Å². The number of rotatable bonds is 7. The molecule has 134 valence electrons. The minimum absolute atomic E-state index is 0.0811. The molecule has 2 aromatic heterocycles. The number of ether oxygens (including phenoxy) is 1. The molecule has 0 saturated heterocycles. The van der Waals surface area contributed by atoms with Crippen LogP contribution in [0.15, 0.2) is 33.4 Å². The summed E-state index contributed by atoms with van der Waals surface area (Å²) in [6.07, 6.45) is 1.35. The molecule has 9 heteroatoms. The third kappa shape index (κ3) is 5.20. The lowest BCUT2D eigenvalue weighted by molar-refractivity contribution is -0.150. The van der Waals surface area contributed by atoms with Crippen molar-refractivity contribution in [3.05, 3.63) is 36.0 Å². The van der Waals surface area contributed by atoms with Gasteiger partial charge in [-0.15, -0.1) is 0 Å². The van der Waals surface area contributed by atoms with Crippen LogP contribution in [0.3, 0.4) is 0 Å². The zero-order chi connectivity index (χ0) is 18.4. The van der Waals surface area contributed by atoms with Crippen molar-refractivity contribution >= 4 is 23.6 Å². The van der Waals surface area contributed by atoms with Crippen LogP contribution in [0.5, 0.6) is 0 Å². The molecule has 0 saturated carbocycles. The molecule has 0 aliphatic rings. The van der Waals surface area contributed by atoms with Gasteiger partial charge >= 0.3 is 5.97 Å². The Labute approximate surface area is 143 Å². The van der Waals surface area contributed by atoms with E-state index in [0.29, 0.717) is 5.76 Å². The van der Waals surface area contributed by atoms with Crippen LogP contribution < -0.4 is 10.6 Å². The lowest BCUT2D eigenvalue weighted by Gasteiger charge is -2.20. The van der Waals surface area contributed by atoms with Gasteiger partial charge in [0.15, 0.2) is 18.2 Å². The topological polar surface area (TPSA) is 124 Å². The number of nitrogens with zero attached hydrogens (tertiary/aromatic N) is 1. The van der Waals surface area contributed by atoms with E-state index in [0.717, 1.165) is 0 Å². The Kier molecular flexibility index (Phi) is 5.93. The largest absolute Gasteiger partial charge is 0.459 e. The van der Waals surface area contributed by atoms with E-state index in [9.17, 15) is 14.4 Å². The van der Waals surface area contributed by atoms with E-state index in [2.05, 4.69) is 15.8 Å². The predicted molar refractivity (Wildman–Crippen MR) is 85.6 cm³/mol. The summed E-state index contributed by atoms with van der Waals surface area (Å²) in [5, 5.41) is 8.55. The zero-order valence-corrected chi connectivity index (χ0v) is 14.1. The molecule has 0 aliphatic heterocycles. The summed E-state index contributed by atoms with van der Waals surface area (Å²) in [6, 6.07) is 3.65. The van der Waals surface area contributed by atoms with Gasteiger partial charge in [-0.2, -0.15) is 0 Å². The van der Waals surface area contributed by atoms with E-state index < -0.39 is 30.4 Å². The highest BCUT2D eigenvalue weighted by atomic mass is 16.5. The molecule has 0 aromatic carbocycles. The Morgan fingerprint density at radius 1 is 1.32 bits per heavy atom. The standard InChI is InChI=1S/C16H19N3O6/c1-9(2)14(18-15(21)11-5-4-6-23-11)16(22)24-8-13(20)17-12-7-10(3)25-19-12/h4-7,9,14H,8H2,1-3H3,(H,18,21)(H,17,19,20)/t14-/m1/s1. The number of amides is 2. The highest BCUT2D eigenvalue weighted by Crippen LogP contribution is 2.09. The molecule has 0 fully saturated rings. The summed E-state index contributed by atoms with van der Waals surface area (Å²) in [6.45, 7) is 4.65. The predicted octanol–water partition coefficient (Wildman–Crippen LogP) is 1.51. The maximum absolute atomic E-state index is 12.2. The van der Waals surface area contributed by atoms with Gasteiger partial charge in [0.25, 0.3) is 11.8 Å². The van der Waals surface area contributed by atoms with Crippen molar-refractivity contribution < 1.29 is 28.1 Å². The van der Waals surface area contributed by atoms with Gasteiger partial charge in [-0.05, 0) is 25.0 Å². The van der Waals surface area contributed by atoms with E-state index in [1.54, 1.807) is 26.8 Å². The first kappa shape index (κ1) is 18.2. The average molecular weight is 349 g/mol. The van der Waals surface area contributed by atoms with Crippen molar-refractivity contribution in [2.24, 2.45) is 5.92 Å². The highest BCUT2D eigenvalue weighted by molar-refractivity contribution is 5.95. The van der Waals surface area contributed by atoms with Crippen molar-refractivity contribution in [3.63, 3.8) is 0 Å². The fraction of sp³-hybridized carbons (Fsp3) is 0.375. The van der Waals surface area contributed by atoms with Crippen molar-refractivity contribution in [1.29, 1.82) is 0 Å². The minimum Gasteiger partial charge on any atom is -0.459 e. The number of aryl methyl sites for hydroxylation is 1. The fourth-order valence-electron chi connectivity index (χ4n) is 1.95. The Morgan fingerprint density at radius 2 is 2.08 bits per heavy atom. The van der Waals surface area contributed by atoms with Gasteiger partial charge in [0.2, 0.25) is 0 Å². The van der Waals surface area contributed by atoms with Crippen molar-refractivity contribution in [2.75, 3.05) is 11.9 Å². The van der Waals surface area contributed by atoms with Crippen LogP contribution in [0.2, 0.25) is 0 Å². The van der Waals surface area contributed by atoms with E-state index in [1.807, 2.05) is 0 Å². The summed E-state index contributed by atoms with van der Waals surface area (Å²) in [7, 11) is 0. The molecule has 2 rings (SSSR count). The molecule has 2 aromatic rings. The molecule has 2 heterocycles. The van der Waals surface area contributed by atoms with Crippen LogP contribution in [0.1, 0.15) is 30.2 Å². The van der Waals surface area contributed by atoms with Gasteiger partial charge in [0.05, 0.1) is 6.26 Å². The first-order valence-electron chi connectivity index (χ1n) is 7.61. The molecule has 0 unspecified atom stereocenters. The van der Waals surface area contributed by atoms with Crippen molar-refractivity contribution in [2.45, 2.75) is 26.8 Å². The second kappa shape index (κ2) is 8.13. The molecular formula is C16H19N3O6. The van der Waals surface area contributed by atoms with Gasteiger partial charge in [-0.3, -0.25) is 9.59 Å². The van der Waals surface area contributed by atoms with Gasteiger partial charge in [0, 0.05) is 6.07 Å². The summed E-state index contributed by atoms with van der Waals surface area (Å²) in [5.74, 6) is -1.23. The van der Waals surface area contributed by atoms with Crippen LogP contribution in [0.25, 0.3) is 0 Å². The number of hydrogen-bond donors (Lipinski definition) is 2. The van der Waals surface area contributed by atoms with Crippen LogP contribution in [0.4, 0.5) is 5.82 Å². The van der Waals surface area contributed by atoms with Gasteiger partial charge in [-0.1, -0.05) is 19.0 Å².